The largest absolute Gasteiger partial charge is 0.338 e. The molecule has 0 aliphatic heterocycles. The molecular formula is C13H28N2O3S. The van der Waals surface area contributed by atoms with Crippen LogP contribution in [0.5, 0.6) is 0 Å². The van der Waals surface area contributed by atoms with E-state index in [9.17, 15) is 13.2 Å². The zero-order valence-electron chi connectivity index (χ0n) is 13.0. The number of hydrogen-bond donors (Lipinski definition) is 2. The Morgan fingerprint density at radius 2 is 1.63 bits per heavy atom. The summed E-state index contributed by atoms with van der Waals surface area (Å²) in [5.41, 5.74) is -0.160. The molecule has 0 heterocycles. The molecule has 0 radical (unpaired) electrons. The molecule has 2 N–H and O–H groups in total. The second-order valence-electron chi connectivity index (χ2n) is 6.99. The predicted octanol–water partition coefficient (Wildman–Crippen LogP) is 1.94. The van der Waals surface area contributed by atoms with Crippen LogP contribution < -0.4 is 10.6 Å². The molecule has 0 atom stereocenters. The van der Waals surface area contributed by atoms with Gasteiger partial charge >= 0.3 is 6.03 Å². The van der Waals surface area contributed by atoms with Gasteiger partial charge in [-0.1, -0.05) is 20.8 Å². The van der Waals surface area contributed by atoms with Crippen LogP contribution in [-0.4, -0.2) is 38.5 Å². The van der Waals surface area contributed by atoms with Gasteiger partial charge in [-0.2, -0.15) is 0 Å². The number of hydrogen-bond acceptors (Lipinski definition) is 3. The predicted molar refractivity (Wildman–Crippen MR) is 79.0 cm³/mol. The number of urea groups is 1. The SMILES string of the molecule is CC(C)(C)CC(C)(C)NC(=O)NCCCS(C)(=O)=O. The van der Waals surface area contributed by atoms with Crippen LogP contribution in [-0.2, 0) is 9.84 Å². The molecule has 0 rings (SSSR count). The molecule has 0 saturated carbocycles. The zero-order valence-corrected chi connectivity index (χ0v) is 13.8. The van der Waals surface area contributed by atoms with E-state index < -0.39 is 9.84 Å². The Labute approximate surface area is 117 Å². The first kappa shape index (κ1) is 18.2. The van der Waals surface area contributed by atoms with Crippen LogP contribution in [0.2, 0.25) is 0 Å². The molecule has 0 saturated heterocycles. The van der Waals surface area contributed by atoms with Crippen LogP contribution in [0.25, 0.3) is 0 Å². The minimum Gasteiger partial charge on any atom is -0.338 e. The summed E-state index contributed by atoms with van der Waals surface area (Å²) in [7, 11) is -2.95. The van der Waals surface area contributed by atoms with Gasteiger partial charge < -0.3 is 10.6 Å². The lowest BCUT2D eigenvalue weighted by atomic mass is 9.82. The van der Waals surface area contributed by atoms with Gasteiger partial charge in [0, 0.05) is 18.3 Å². The molecule has 0 aromatic heterocycles. The van der Waals surface area contributed by atoms with Gasteiger partial charge in [0.2, 0.25) is 0 Å². The molecule has 0 spiro atoms. The lowest BCUT2D eigenvalue weighted by Gasteiger charge is -2.33. The molecule has 0 aromatic carbocycles. The summed E-state index contributed by atoms with van der Waals surface area (Å²) in [6.45, 7) is 10.7. The molecule has 114 valence electrons. The molecule has 0 unspecified atom stereocenters. The Morgan fingerprint density at radius 1 is 1.11 bits per heavy atom. The zero-order chi connectivity index (χ0) is 15.3. The second-order valence-corrected chi connectivity index (χ2v) is 9.25. The van der Waals surface area contributed by atoms with Crippen molar-refractivity contribution in [3.63, 3.8) is 0 Å². The molecule has 0 aromatic rings. The van der Waals surface area contributed by atoms with E-state index in [1.54, 1.807) is 0 Å². The molecule has 19 heavy (non-hydrogen) atoms. The molecule has 6 heteroatoms. The average molecular weight is 292 g/mol. The number of carbonyl (C=O) groups excluding carboxylic acids is 1. The fourth-order valence-corrected chi connectivity index (χ4v) is 2.93. The summed E-state index contributed by atoms with van der Waals surface area (Å²) in [6.07, 6.45) is 2.49. The molecule has 2 amide bonds. The van der Waals surface area contributed by atoms with Crippen molar-refractivity contribution < 1.29 is 13.2 Å². The van der Waals surface area contributed by atoms with Crippen LogP contribution >= 0.6 is 0 Å². The number of carbonyl (C=O) groups is 1. The standard InChI is InChI=1S/C13H28N2O3S/c1-12(2,3)10-13(4,5)15-11(16)14-8-7-9-19(6,17)18/h7-10H2,1-6H3,(H2,14,15,16). The smallest absolute Gasteiger partial charge is 0.315 e. The van der Waals surface area contributed by atoms with Crippen LogP contribution in [0.15, 0.2) is 0 Å². The maximum Gasteiger partial charge on any atom is 0.315 e. The van der Waals surface area contributed by atoms with Crippen LogP contribution in [0.3, 0.4) is 0 Å². The van der Waals surface area contributed by atoms with E-state index in [2.05, 4.69) is 31.4 Å². The van der Waals surface area contributed by atoms with Gasteiger partial charge in [-0.15, -0.1) is 0 Å². The monoisotopic (exact) mass is 292 g/mol. The van der Waals surface area contributed by atoms with Gasteiger partial charge in [-0.3, -0.25) is 0 Å². The van der Waals surface area contributed by atoms with Crippen LogP contribution in [0.4, 0.5) is 4.79 Å². The van der Waals surface area contributed by atoms with Gasteiger partial charge in [0.05, 0.1) is 5.75 Å². The van der Waals surface area contributed by atoms with E-state index >= 15 is 0 Å². The summed E-state index contributed by atoms with van der Waals surface area (Å²) >= 11 is 0. The molecule has 0 aliphatic carbocycles. The fourth-order valence-electron chi connectivity index (χ4n) is 2.26. The van der Waals surface area contributed by atoms with Crippen molar-refractivity contribution in [2.75, 3.05) is 18.6 Å². The second kappa shape index (κ2) is 6.59. The summed E-state index contributed by atoms with van der Waals surface area (Å²) in [4.78, 5) is 11.7. The first-order chi connectivity index (χ1) is 8.31. The van der Waals surface area contributed by atoms with Crippen molar-refractivity contribution in [1.82, 2.24) is 10.6 Å². The molecule has 0 bridgehead atoms. The third kappa shape index (κ3) is 12.0. The van der Waals surface area contributed by atoms with Gasteiger partial charge in [-0.25, -0.2) is 13.2 Å². The maximum atomic E-state index is 11.7. The number of nitrogens with one attached hydrogen (secondary N) is 2. The van der Waals surface area contributed by atoms with Crippen molar-refractivity contribution in [1.29, 1.82) is 0 Å². The number of rotatable bonds is 6. The topological polar surface area (TPSA) is 75.3 Å². The molecular weight excluding hydrogens is 264 g/mol. The van der Waals surface area contributed by atoms with Crippen molar-refractivity contribution in [2.45, 2.75) is 53.0 Å². The lowest BCUT2D eigenvalue weighted by Crippen LogP contribution is -2.50. The van der Waals surface area contributed by atoms with Crippen molar-refractivity contribution >= 4 is 15.9 Å². The number of sulfone groups is 1. The van der Waals surface area contributed by atoms with E-state index in [4.69, 9.17) is 0 Å². The average Bonchev–Trinajstić information content (AvgIpc) is 2.05. The van der Waals surface area contributed by atoms with E-state index in [-0.39, 0.29) is 22.7 Å². The first-order valence-corrected chi connectivity index (χ1v) is 8.61. The highest BCUT2D eigenvalue weighted by atomic mass is 32.2. The molecule has 0 fully saturated rings. The molecule has 0 aliphatic rings. The summed E-state index contributed by atoms with van der Waals surface area (Å²) in [6, 6.07) is -0.247. The minimum atomic E-state index is -2.95. The van der Waals surface area contributed by atoms with Crippen molar-refractivity contribution in [3.05, 3.63) is 0 Å². The Morgan fingerprint density at radius 3 is 2.05 bits per heavy atom. The Hall–Kier alpha value is -0.780. The Bertz CT molecular complexity index is 395. The highest BCUT2D eigenvalue weighted by molar-refractivity contribution is 7.90. The lowest BCUT2D eigenvalue weighted by molar-refractivity contribution is 0.210. The third-order valence-electron chi connectivity index (χ3n) is 2.40. The first-order valence-electron chi connectivity index (χ1n) is 6.55. The maximum absolute atomic E-state index is 11.7. The van der Waals surface area contributed by atoms with E-state index in [1.807, 2.05) is 13.8 Å². The summed E-state index contributed by atoms with van der Waals surface area (Å²) in [5, 5.41) is 5.59. The van der Waals surface area contributed by atoms with E-state index in [0.29, 0.717) is 13.0 Å². The van der Waals surface area contributed by atoms with Gasteiger partial charge in [0.15, 0.2) is 0 Å². The minimum absolute atomic E-state index is 0.0959. The summed E-state index contributed by atoms with van der Waals surface area (Å²) < 4.78 is 21.9. The highest BCUT2D eigenvalue weighted by Crippen LogP contribution is 2.26. The van der Waals surface area contributed by atoms with Crippen molar-refractivity contribution in [3.8, 4) is 0 Å². The van der Waals surface area contributed by atoms with Crippen LogP contribution in [0.1, 0.15) is 47.5 Å². The van der Waals surface area contributed by atoms with Gasteiger partial charge in [0.25, 0.3) is 0 Å². The van der Waals surface area contributed by atoms with E-state index in [1.165, 1.54) is 6.26 Å². The van der Waals surface area contributed by atoms with Gasteiger partial charge in [-0.05, 0) is 32.1 Å². The summed E-state index contributed by atoms with van der Waals surface area (Å²) in [5.74, 6) is 0.0959. The Balaban J connectivity index is 4.04. The fraction of sp³-hybridized carbons (Fsp3) is 0.923. The quantitative estimate of drug-likeness (QED) is 0.735. The Kier molecular flexibility index (Phi) is 6.32. The third-order valence-corrected chi connectivity index (χ3v) is 3.43. The molecule has 5 nitrogen and oxygen atoms in total. The van der Waals surface area contributed by atoms with E-state index in [0.717, 1.165) is 6.42 Å². The highest BCUT2D eigenvalue weighted by Gasteiger charge is 2.26. The van der Waals surface area contributed by atoms with Crippen molar-refractivity contribution in [2.24, 2.45) is 5.41 Å². The van der Waals surface area contributed by atoms with Crippen LogP contribution in [0, 0.1) is 5.41 Å². The normalized spacial score (nSPS) is 13.2. The van der Waals surface area contributed by atoms with Gasteiger partial charge in [0.1, 0.15) is 9.84 Å². The number of amides is 2.